The lowest BCUT2D eigenvalue weighted by Crippen LogP contribution is -2.62. The second kappa shape index (κ2) is 16.7. The summed E-state index contributed by atoms with van der Waals surface area (Å²) in [5.41, 5.74) is 4.80. The number of carbonyl (C=O) groups is 3. The van der Waals surface area contributed by atoms with Gasteiger partial charge in [0.25, 0.3) is 11.8 Å². The molecule has 4 aromatic carbocycles. The number of nitrogens with zero attached hydrogens (tertiary/aromatic N) is 1. The van der Waals surface area contributed by atoms with E-state index >= 15 is 0 Å². The molecule has 1 aliphatic carbocycles. The van der Waals surface area contributed by atoms with Crippen LogP contribution in [-0.2, 0) is 33.7 Å². The van der Waals surface area contributed by atoms with Gasteiger partial charge in [0.1, 0.15) is 6.04 Å². The van der Waals surface area contributed by atoms with Crippen molar-refractivity contribution < 1.29 is 29.3 Å². The summed E-state index contributed by atoms with van der Waals surface area (Å²) >= 11 is 0. The third kappa shape index (κ3) is 9.86. The number of benzene rings is 4. The van der Waals surface area contributed by atoms with Gasteiger partial charge in [-0.15, -0.1) is 0 Å². The molecule has 5 N–H and O–H groups in total. The molecule has 4 aromatic rings. The van der Waals surface area contributed by atoms with E-state index in [0.717, 1.165) is 27.8 Å². The summed E-state index contributed by atoms with van der Waals surface area (Å²) in [7, 11) is 1.22. The largest absolute Gasteiger partial charge is 0.453 e. The lowest BCUT2D eigenvalue weighted by atomic mass is 9.86. The SMILES string of the molecule is COC(=O)N[C@H](C(=O)NN(Cc1cccc(C#Cc2ccccc2)c1)C[C@](O)(Cc1ccccc1)C(=O)N[C@H]1c2ccccc2C[C@H]1O)C(C)(C)C. The molecule has 270 valence electrons. The van der Waals surface area contributed by atoms with Crippen molar-refractivity contribution in [2.24, 2.45) is 5.41 Å². The molecule has 0 spiro atoms. The van der Waals surface area contributed by atoms with Gasteiger partial charge < -0.3 is 25.6 Å². The molecular weight excluding hydrogens is 656 g/mol. The van der Waals surface area contributed by atoms with E-state index in [1.54, 1.807) is 20.8 Å². The summed E-state index contributed by atoms with van der Waals surface area (Å²) in [5.74, 6) is 5.06. The van der Waals surface area contributed by atoms with Crippen molar-refractivity contribution in [3.63, 3.8) is 0 Å². The van der Waals surface area contributed by atoms with Crippen molar-refractivity contribution in [2.75, 3.05) is 13.7 Å². The van der Waals surface area contributed by atoms with Crippen LogP contribution in [-0.4, -0.2) is 64.5 Å². The summed E-state index contributed by atoms with van der Waals surface area (Å²) < 4.78 is 4.80. The molecule has 0 saturated carbocycles. The highest BCUT2D eigenvalue weighted by Crippen LogP contribution is 2.32. The van der Waals surface area contributed by atoms with Crippen LogP contribution < -0.4 is 16.1 Å². The average molecular weight is 703 g/mol. The summed E-state index contributed by atoms with van der Waals surface area (Å²) in [6.45, 7) is 5.13. The van der Waals surface area contributed by atoms with Gasteiger partial charge in [0.2, 0.25) is 0 Å². The fourth-order valence-corrected chi connectivity index (χ4v) is 6.32. The van der Waals surface area contributed by atoms with Gasteiger partial charge in [0, 0.05) is 30.5 Å². The average Bonchev–Trinajstić information content (AvgIpc) is 3.44. The number of nitrogens with one attached hydrogen (secondary N) is 3. The second-order valence-corrected chi connectivity index (χ2v) is 14.2. The molecule has 0 heterocycles. The summed E-state index contributed by atoms with van der Waals surface area (Å²) in [4.78, 5) is 40.6. The molecular formula is C42H46N4O6. The molecule has 0 aromatic heterocycles. The molecule has 10 nitrogen and oxygen atoms in total. The molecule has 0 radical (unpaired) electrons. The number of hydrazine groups is 1. The number of hydrogen-bond acceptors (Lipinski definition) is 7. The zero-order chi connectivity index (χ0) is 37.3. The van der Waals surface area contributed by atoms with Crippen molar-refractivity contribution in [2.45, 2.75) is 63.9 Å². The Balaban J connectivity index is 1.49. The van der Waals surface area contributed by atoms with Gasteiger partial charge in [-0.3, -0.25) is 15.0 Å². The van der Waals surface area contributed by atoms with Crippen LogP contribution in [0, 0.1) is 17.3 Å². The van der Waals surface area contributed by atoms with E-state index in [2.05, 4.69) is 27.9 Å². The maximum atomic E-state index is 14.3. The van der Waals surface area contributed by atoms with Crippen LogP contribution >= 0.6 is 0 Å². The zero-order valence-corrected chi connectivity index (χ0v) is 29.9. The number of hydrogen-bond donors (Lipinski definition) is 5. The van der Waals surface area contributed by atoms with E-state index in [9.17, 15) is 24.6 Å². The van der Waals surface area contributed by atoms with Crippen LogP contribution in [0.3, 0.4) is 0 Å². The van der Waals surface area contributed by atoms with Crippen molar-refractivity contribution >= 4 is 17.9 Å². The Kier molecular flexibility index (Phi) is 12.1. The van der Waals surface area contributed by atoms with E-state index in [-0.39, 0.29) is 19.5 Å². The minimum absolute atomic E-state index is 0.0704. The number of aliphatic hydroxyl groups is 2. The predicted octanol–water partition coefficient (Wildman–Crippen LogP) is 4.44. The summed E-state index contributed by atoms with van der Waals surface area (Å²) in [6.07, 6.45) is -1.38. The highest BCUT2D eigenvalue weighted by molar-refractivity contribution is 5.87. The fourth-order valence-electron chi connectivity index (χ4n) is 6.32. The Bertz CT molecular complexity index is 1920. The van der Waals surface area contributed by atoms with Gasteiger partial charge >= 0.3 is 6.09 Å². The minimum Gasteiger partial charge on any atom is -0.453 e. The molecule has 52 heavy (non-hydrogen) atoms. The van der Waals surface area contributed by atoms with Gasteiger partial charge in [-0.1, -0.05) is 118 Å². The molecule has 0 bridgehead atoms. The zero-order valence-electron chi connectivity index (χ0n) is 29.9. The van der Waals surface area contributed by atoms with Crippen LogP contribution in [0.1, 0.15) is 60.2 Å². The third-order valence-electron chi connectivity index (χ3n) is 8.97. The lowest BCUT2D eigenvalue weighted by molar-refractivity contribution is -0.147. The summed E-state index contributed by atoms with van der Waals surface area (Å²) in [6, 6.07) is 31.9. The third-order valence-corrected chi connectivity index (χ3v) is 8.97. The molecule has 0 saturated heterocycles. The highest BCUT2D eigenvalue weighted by Gasteiger charge is 2.43. The minimum atomic E-state index is -2.09. The molecule has 0 aliphatic heterocycles. The first kappa shape index (κ1) is 37.8. The highest BCUT2D eigenvalue weighted by atomic mass is 16.5. The van der Waals surface area contributed by atoms with E-state index in [0.29, 0.717) is 12.0 Å². The Hall–Kier alpha value is -5.47. The number of aliphatic hydroxyl groups excluding tert-OH is 1. The van der Waals surface area contributed by atoms with Crippen LogP contribution in [0.25, 0.3) is 0 Å². The lowest BCUT2D eigenvalue weighted by Gasteiger charge is -2.37. The molecule has 10 heteroatoms. The van der Waals surface area contributed by atoms with Crippen LogP contribution in [0.4, 0.5) is 4.79 Å². The number of ether oxygens (including phenoxy) is 1. The Labute approximate surface area is 305 Å². The van der Waals surface area contributed by atoms with Gasteiger partial charge in [-0.25, -0.2) is 9.80 Å². The van der Waals surface area contributed by atoms with Gasteiger partial charge in [0.05, 0.1) is 25.8 Å². The van der Waals surface area contributed by atoms with Crippen molar-refractivity contribution in [3.8, 4) is 11.8 Å². The fraction of sp³-hybridized carbons (Fsp3) is 0.310. The Morgan fingerprint density at radius 3 is 2.17 bits per heavy atom. The number of fused-ring (bicyclic) bond motifs is 1. The number of methoxy groups -OCH3 is 1. The van der Waals surface area contributed by atoms with E-state index in [1.807, 2.05) is 109 Å². The number of amides is 3. The monoisotopic (exact) mass is 702 g/mol. The van der Waals surface area contributed by atoms with Crippen molar-refractivity contribution in [3.05, 3.63) is 143 Å². The standard InChI is InChI=1S/C42H46N4O6/c1-41(2,3)37(44-40(50)52-4)38(48)45-46(27-32-19-13-18-30(24-32)23-22-29-14-7-5-8-15-29)28-42(51,26-31-16-9-6-10-17-31)39(49)43-36-34-21-12-11-20-33(34)25-35(36)47/h5-21,24,35-37,47,51H,25-28H2,1-4H3,(H,43,49)(H,44,50)(H,45,48)/t35-,36+,37-,42-/m1/s1. The van der Waals surface area contributed by atoms with E-state index in [1.165, 1.54) is 12.1 Å². The quantitative estimate of drug-likeness (QED) is 0.115. The van der Waals surface area contributed by atoms with Gasteiger partial charge in [-0.05, 0) is 51.9 Å². The Morgan fingerprint density at radius 1 is 0.865 bits per heavy atom. The number of alkyl carbamates (subject to hydrolysis) is 1. The number of rotatable bonds is 11. The topological polar surface area (TPSA) is 140 Å². The van der Waals surface area contributed by atoms with E-state index in [4.69, 9.17) is 4.74 Å². The van der Waals surface area contributed by atoms with Crippen LogP contribution in [0.5, 0.6) is 0 Å². The normalized spacial score (nSPS) is 16.8. The maximum absolute atomic E-state index is 14.3. The van der Waals surface area contributed by atoms with Crippen molar-refractivity contribution in [1.82, 2.24) is 21.1 Å². The van der Waals surface area contributed by atoms with Gasteiger partial charge in [-0.2, -0.15) is 0 Å². The first-order valence-corrected chi connectivity index (χ1v) is 17.2. The van der Waals surface area contributed by atoms with Crippen molar-refractivity contribution in [1.29, 1.82) is 0 Å². The molecule has 0 unspecified atom stereocenters. The molecule has 3 amide bonds. The number of carbonyl (C=O) groups excluding carboxylic acids is 3. The molecule has 1 aliphatic rings. The predicted molar refractivity (Wildman–Crippen MR) is 198 cm³/mol. The Morgan fingerprint density at radius 2 is 1.48 bits per heavy atom. The first-order valence-electron chi connectivity index (χ1n) is 17.2. The second-order valence-electron chi connectivity index (χ2n) is 14.2. The van der Waals surface area contributed by atoms with Gasteiger partial charge in [0.15, 0.2) is 5.60 Å². The first-order chi connectivity index (χ1) is 24.8. The van der Waals surface area contributed by atoms with Crippen LogP contribution in [0.15, 0.2) is 109 Å². The molecule has 0 fully saturated rings. The maximum Gasteiger partial charge on any atom is 0.407 e. The van der Waals surface area contributed by atoms with E-state index < -0.39 is 47.1 Å². The smallest absolute Gasteiger partial charge is 0.407 e. The van der Waals surface area contributed by atoms with Crippen LogP contribution in [0.2, 0.25) is 0 Å². The molecule has 4 atom stereocenters. The summed E-state index contributed by atoms with van der Waals surface area (Å²) in [5, 5.41) is 30.4. The molecule has 5 rings (SSSR count).